The van der Waals surface area contributed by atoms with Gasteiger partial charge in [0.15, 0.2) is 0 Å². The van der Waals surface area contributed by atoms with E-state index in [0.717, 1.165) is 43.7 Å². The summed E-state index contributed by atoms with van der Waals surface area (Å²) in [6.45, 7) is 2.71. The number of nitrogens with one attached hydrogen (secondary N) is 1. The third-order valence-corrected chi connectivity index (χ3v) is 4.89. The Hall–Kier alpha value is -2.21. The van der Waals surface area contributed by atoms with Crippen LogP contribution >= 0.6 is 0 Å². The summed E-state index contributed by atoms with van der Waals surface area (Å²) in [5, 5.41) is 3.39. The summed E-state index contributed by atoms with van der Waals surface area (Å²) in [6, 6.07) is 12.7. The predicted octanol–water partition coefficient (Wildman–Crippen LogP) is 3.98. The fraction of sp³-hybridized carbons (Fsp3) is 0.368. The summed E-state index contributed by atoms with van der Waals surface area (Å²) in [5.74, 6) is -0.153. The van der Waals surface area contributed by atoms with Crippen LogP contribution in [0.15, 0.2) is 42.5 Å². The fourth-order valence-corrected chi connectivity index (χ4v) is 3.91. The summed E-state index contributed by atoms with van der Waals surface area (Å²) < 4.78 is 42.7. The number of para-hydroxylation sites is 2. The Bertz CT molecular complexity index is 776. The van der Waals surface area contributed by atoms with Crippen LogP contribution in [0.4, 0.5) is 18.9 Å². The molecule has 1 atom stereocenters. The van der Waals surface area contributed by atoms with Gasteiger partial charge in [-0.3, -0.25) is 0 Å². The highest BCUT2D eigenvalue weighted by Gasteiger charge is 2.35. The van der Waals surface area contributed by atoms with Gasteiger partial charge in [0.1, 0.15) is 5.75 Å². The van der Waals surface area contributed by atoms with Crippen LogP contribution in [0.3, 0.4) is 0 Å². The number of nitrogens with zero attached hydrogens (tertiary/aromatic N) is 1. The highest BCUT2D eigenvalue weighted by Crippen LogP contribution is 2.44. The SMILES string of the molecule is FC(F)(F)Oc1ccccc1-c1cccc2c1N1CCNCCC1C2. The van der Waals surface area contributed by atoms with Gasteiger partial charge < -0.3 is 15.0 Å². The molecule has 2 aromatic carbocycles. The summed E-state index contributed by atoms with van der Waals surface area (Å²) in [6.07, 6.45) is -2.73. The van der Waals surface area contributed by atoms with E-state index < -0.39 is 6.36 Å². The molecule has 0 saturated carbocycles. The zero-order valence-electron chi connectivity index (χ0n) is 13.6. The molecule has 132 valence electrons. The lowest BCUT2D eigenvalue weighted by Gasteiger charge is -2.27. The van der Waals surface area contributed by atoms with E-state index >= 15 is 0 Å². The Morgan fingerprint density at radius 1 is 1.00 bits per heavy atom. The van der Waals surface area contributed by atoms with Crippen molar-refractivity contribution in [2.24, 2.45) is 0 Å². The summed E-state index contributed by atoms with van der Waals surface area (Å²) >= 11 is 0. The highest BCUT2D eigenvalue weighted by atomic mass is 19.4. The van der Waals surface area contributed by atoms with Crippen molar-refractivity contribution in [3.63, 3.8) is 0 Å². The third kappa shape index (κ3) is 3.18. The van der Waals surface area contributed by atoms with E-state index in [4.69, 9.17) is 0 Å². The van der Waals surface area contributed by atoms with Crippen LogP contribution in [0.25, 0.3) is 11.1 Å². The van der Waals surface area contributed by atoms with Gasteiger partial charge in [-0.05, 0) is 31.0 Å². The number of fused-ring (bicyclic) bond motifs is 3. The van der Waals surface area contributed by atoms with Gasteiger partial charge >= 0.3 is 6.36 Å². The lowest BCUT2D eigenvalue weighted by Crippen LogP contribution is -2.33. The second-order valence-corrected chi connectivity index (χ2v) is 6.45. The Kier molecular flexibility index (Phi) is 4.07. The molecule has 2 aliphatic rings. The minimum atomic E-state index is -4.71. The molecule has 3 nitrogen and oxygen atoms in total. The Labute approximate surface area is 144 Å². The molecule has 2 aliphatic heterocycles. The van der Waals surface area contributed by atoms with Gasteiger partial charge in [0.2, 0.25) is 0 Å². The second-order valence-electron chi connectivity index (χ2n) is 6.45. The lowest BCUT2D eigenvalue weighted by atomic mass is 9.99. The van der Waals surface area contributed by atoms with Crippen LogP contribution in [-0.4, -0.2) is 32.0 Å². The number of benzene rings is 2. The van der Waals surface area contributed by atoms with E-state index in [0.29, 0.717) is 11.6 Å². The number of ether oxygens (including phenoxy) is 1. The number of hydrogen-bond acceptors (Lipinski definition) is 3. The van der Waals surface area contributed by atoms with Crippen molar-refractivity contribution in [3.8, 4) is 16.9 Å². The summed E-state index contributed by atoms with van der Waals surface area (Å²) in [4.78, 5) is 2.34. The molecule has 0 bridgehead atoms. The molecule has 1 N–H and O–H groups in total. The standard InChI is InChI=1S/C19H19F3N2O/c20-19(21,22)25-17-7-2-1-5-15(17)16-6-3-4-13-12-14-8-9-23-10-11-24(14)18(13)16/h1-7,14,23H,8-12H2. The highest BCUT2D eigenvalue weighted by molar-refractivity contribution is 5.86. The monoisotopic (exact) mass is 348 g/mol. The first-order chi connectivity index (χ1) is 12.0. The largest absolute Gasteiger partial charge is 0.573 e. The van der Waals surface area contributed by atoms with Crippen molar-refractivity contribution in [2.45, 2.75) is 25.2 Å². The van der Waals surface area contributed by atoms with Crippen molar-refractivity contribution < 1.29 is 17.9 Å². The minimum Gasteiger partial charge on any atom is -0.405 e. The molecule has 1 fully saturated rings. The molecule has 0 amide bonds. The average molecular weight is 348 g/mol. The van der Waals surface area contributed by atoms with Gasteiger partial charge in [0.05, 0.1) is 0 Å². The number of halogens is 3. The Balaban J connectivity index is 1.80. The van der Waals surface area contributed by atoms with Crippen LogP contribution in [0, 0.1) is 0 Å². The molecule has 25 heavy (non-hydrogen) atoms. The van der Waals surface area contributed by atoms with Crippen molar-refractivity contribution in [3.05, 3.63) is 48.0 Å². The van der Waals surface area contributed by atoms with Gasteiger partial charge in [-0.2, -0.15) is 0 Å². The van der Waals surface area contributed by atoms with E-state index in [9.17, 15) is 13.2 Å². The molecule has 1 unspecified atom stereocenters. The smallest absolute Gasteiger partial charge is 0.405 e. The van der Waals surface area contributed by atoms with Crippen LogP contribution in [0.1, 0.15) is 12.0 Å². The number of alkyl halides is 3. The summed E-state index contributed by atoms with van der Waals surface area (Å²) in [5.41, 5.74) is 3.54. The maximum Gasteiger partial charge on any atom is 0.573 e. The van der Waals surface area contributed by atoms with E-state index in [1.165, 1.54) is 11.6 Å². The fourth-order valence-electron chi connectivity index (χ4n) is 3.91. The molecular weight excluding hydrogens is 329 g/mol. The summed E-state index contributed by atoms with van der Waals surface area (Å²) in [7, 11) is 0. The van der Waals surface area contributed by atoms with Crippen molar-refractivity contribution >= 4 is 5.69 Å². The first-order valence-electron chi connectivity index (χ1n) is 8.47. The topological polar surface area (TPSA) is 24.5 Å². The quantitative estimate of drug-likeness (QED) is 0.889. The maximum atomic E-state index is 12.8. The lowest BCUT2D eigenvalue weighted by molar-refractivity contribution is -0.274. The zero-order valence-corrected chi connectivity index (χ0v) is 13.6. The first-order valence-corrected chi connectivity index (χ1v) is 8.47. The molecular formula is C19H19F3N2O. The van der Waals surface area contributed by atoms with E-state index in [-0.39, 0.29) is 5.75 Å². The van der Waals surface area contributed by atoms with Crippen LogP contribution in [0.5, 0.6) is 5.75 Å². The minimum absolute atomic E-state index is 0.153. The van der Waals surface area contributed by atoms with Crippen molar-refractivity contribution in [1.29, 1.82) is 0 Å². The van der Waals surface area contributed by atoms with Gasteiger partial charge in [-0.25, -0.2) is 0 Å². The molecule has 0 aromatic heterocycles. The molecule has 6 heteroatoms. The molecule has 2 aromatic rings. The van der Waals surface area contributed by atoms with Crippen LogP contribution < -0.4 is 15.0 Å². The van der Waals surface area contributed by atoms with Gasteiger partial charge in [0, 0.05) is 35.9 Å². The predicted molar refractivity (Wildman–Crippen MR) is 90.9 cm³/mol. The average Bonchev–Trinajstić information content (AvgIpc) is 2.76. The van der Waals surface area contributed by atoms with Gasteiger partial charge in [-0.1, -0.05) is 36.4 Å². The normalized spacial score (nSPS) is 20.0. The zero-order chi connectivity index (χ0) is 17.4. The molecule has 0 spiro atoms. The maximum absolute atomic E-state index is 12.8. The van der Waals surface area contributed by atoms with Crippen molar-refractivity contribution in [1.82, 2.24) is 5.32 Å². The Morgan fingerprint density at radius 3 is 2.64 bits per heavy atom. The Morgan fingerprint density at radius 2 is 1.80 bits per heavy atom. The van der Waals surface area contributed by atoms with E-state index in [1.807, 2.05) is 12.1 Å². The van der Waals surface area contributed by atoms with Gasteiger partial charge in [0.25, 0.3) is 0 Å². The number of anilines is 1. The third-order valence-electron chi connectivity index (χ3n) is 4.89. The van der Waals surface area contributed by atoms with Crippen LogP contribution in [0.2, 0.25) is 0 Å². The van der Waals surface area contributed by atoms with Gasteiger partial charge in [-0.15, -0.1) is 13.2 Å². The number of rotatable bonds is 2. The van der Waals surface area contributed by atoms with Crippen LogP contribution in [-0.2, 0) is 6.42 Å². The van der Waals surface area contributed by atoms with Crippen molar-refractivity contribution in [2.75, 3.05) is 24.5 Å². The molecule has 0 aliphatic carbocycles. The molecule has 1 saturated heterocycles. The second kappa shape index (κ2) is 6.26. The molecule has 4 rings (SSSR count). The van der Waals surface area contributed by atoms with E-state index in [1.54, 1.807) is 18.2 Å². The van der Waals surface area contributed by atoms with E-state index in [2.05, 4.69) is 21.0 Å². The molecule has 0 radical (unpaired) electrons. The first kappa shape index (κ1) is 16.3. The number of hydrogen-bond donors (Lipinski definition) is 1. The molecule has 2 heterocycles.